The predicted octanol–water partition coefficient (Wildman–Crippen LogP) is 2.44. The molecule has 1 saturated carbocycles. The fourth-order valence-corrected chi connectivity index (χ4v) is 2.53. The summed E-state index contributed by atoms with van der Waals surface area (Å²) in [6, 6.07) is 5.21. The van der Waals surface area contributed by atoms with E-state index in [1.165, 1.54) is 0 Å². The Morgan fingerprint density at radius 3 is 2.70 bits per heavy atom. The van der Waals surface area contributed by atoms with Crippen LogP contribution in [0.5, 0.6) is 0 Å². The third-order valence-corrected chi connectivity index (χ3v) is 3.86. The van der Waals surface area contributed by atoms with Crippen LogP contribution in [0.15, 0.2) is 24.3 Å². The van der Waals surface area contributed by atoms with Crippen molar-refractivity contribution in [2.45, 2.75) is 37.6 Å². The quantitative estimate of drug-likeness (QED) is 0.789. The maximum atomic E-state index is 12.9. The average molecular weight is 327 g/mol. The highest BCUT2D eigenvalue weighted by Gasteiger charge is 2.49. The highest BCUT2D eigenvalue weighted by Crippen LogP contribution is 2.40. The number of benzene rings is 1. The molecule has 1 aliphatic carbocycles. The zero-order valence-corrected chi connectivity index (χ0v) is 12.1. The number of carbonyl (C=O) groups excluding carboxylic acids is 1. The van der Waals surface area contributed by atoms with Gasteiger partial charge < -0.3 is 15.4 Å². The van der Waals surface area contributed by atoms with Crippen molar-refractivity contribution in [1.82, 2.24) is 15.3 Å². The van der Waals surface area contributed by atoms with E-state index in [0.717, 1.165) is 0 Å². The molecular weight excluding hydrogens is 311 g/mol. The first-order valence-corrected chi connectivity index (χ1v) is 7.33. The second-order valence-corrected chi connectivity index (χ2v) is 5.78. The van der Waals surface area contributed by atoms with E-state index >= 15 is 0 Å². The number of halogens is 3. The standard InChI is InChI=1S/C15H16F3N3O2/c16-15(17,18)13(8-5-6-8)21-12(23)7-11(22)14-19-9-3-1-2-4-10(9)20-14/h1-4,8,11,13,22H,5-7H2,(H,19,20)(H,21,23)/t11?,13-/m0/s1. The Hall–Kier alpha value is -2.09. The number of aromatic amines is 1. The highest BCUT2D eigenvalue weighted by molar-refractivity contribution is 5.78. The Labute approximate surface area is 129 Å². The lowest BCUT2D eigenvalue weighted by atomic mass is 10.1. The summed E-state index contributed by atoms with van der Waals surface area (Å²) >= 11 is 0. The first kappa shape index (κ1) is 15.8. The monoisotopic (exact) mass is 327 g/mol. The number of amides is 1. The van der Waals surface area contributed by atoms with Crippen LogP contribution >= 0.6 is 0 Å². The van der Waals surface area contributed by atoms with Gasteiger partial charge in [-0.2, -0.15) is 13.2 Å². The second-order valence-electron chi connectivity index (χ2n) is 5.78. The van der Waals surface area contributed by atoms with E-state index in [2.05, 4.69) is 9.97 Å². The van der Waals surface area contributed by atoms with Gasteiger partial charge in [-0.05, 0) is 30.9 Å². The Bertz CT molecular complexity index is 676. The van der Waals surface area contributed by atoms with Gasteiger partial charge in [0.15, 0.2) is 0 Å². The van der Waals surface area contributed by atoms with Crippen LogP contribution in [0.2, 0.25) is 0 Å². The summed E-state index contributed by atoms with van der Waals surface area (Å²) in [6.07, 6.45) is -5.32. The fraction of sp³-hybridized carbons (Fsp3) is 0.467. The number of aliphatic hydroxyl groups excluding tert-OH is 1. The molecule has 124 valence electrons. The van der Waals surface area contributed by atoms with E-state index in [0.29, 0.717) is 23.9 Å². The number of hydrogen-bond donors (Lipinski definition) is 3. The van der Waals surface area contributed by atoms with Crippen molar-refractivity contribution < 1.29 is 23.1 Å². The number of fused-ring (bicyclic) bond motifs is 1. The maximum Gasteiger partial charge on any atom is 0.408 e. The van der Waals surface area contributed by atoms with Gasteiger partial charge in [0.25, 0.3) is 0 Å². The minimum atomic E-state index is -4.47. The molecule has 0 spiro atoms. The molecule has 0 saturated heterocycles. The largest absolute Gasteiger partial charge is 0.408 e. The average Bonchev–Trinajstić information content (AvgIpc) is 3.20. The zero-order valence-electron chi connectivity index (χ0n) is 12.1. The fourth-order valence-electron chi connectivity index (χ4n) is 2.53. The van der Waals surface area contributed by atoms with Crippen LogP contribution in [0, 0.1) is 5.92 Å². The molecule has 0 bridgehead atoms. The molecule has 0 aliphatic heterocycles. The minimum Gasteiger partial charge on any atom is -0.385 e. The predicted molar refractivity (Wildman–Crippen MR) is 76.4 cm³/mol. The molecule has 2 aromatic rings. The van der Waals surface area contributed by atoms with Gasteiger partial charge in [-0.15, -0.1) is 0 Å². The van der Waals surface area contributed by atoms with Gasteiger partial charge in [0.05, 0.1) is 17.5 Å². The van der Waals surface area contributed by atoms with Gasteiger partial charge in [0.2, 0.25) is 5.91 Å². The Morgan fingerprint density at radius 1 is 1.39 bits per heavy atom. The van der Waals surface area contributed by atoms with Crippen LogP contribution in [-0.4, -0.2) is 33.2 Å². The van der Waals surface area contributed by atoms with E-state index in [4.69, 9.17) is 0 Å². The second kappa shape index (κ2) is 5.84. The molecule has 1 heterocycles. The SMILES string of the molecule is O=C(CC(O)c1nc2ccccc2[nH]1)N[C@@H](C1CC1)C(F)(F)F. The summed E-state index contributed by atoms with van der Waals surface area (Å²) in [5.41, 5.74) is 1.31. The van der Waals surface area contributed by atoms with Crippen LogP contribution in [0.25, 0.3) is 11.0 Å². The molecule has 1 aromatic carbocycles. The number of H-pyrrole nitrogens is 1. The number of aromatic nitrogens is 2. The van der Waals surface area contributed by atoms with Crippen LogP contribution in [0.1, 0.15) is 31.2 Å². The van der Waals surface area contributed by atoms with E-state index in [1.54, 1.807) is 24.3 Å². The molecule has 3 rings (SSSR count). The number of rotatable bonds is 5. The van der Waals surface area contributed by atoms with Crippen LogP contribution in [0.3, 0.4) is 0 Å². The summed E-state index contributed by atoms with van der Waals surface area (Å²) < 4.78 is 38.6. The normalized spacial score (nSPS) is 17.9. The zero-order chi connectivity index (χ0) is 16.6. The van der Waals surface area contributed by atoms with Crippen LogP contribution < -0.4 is 5.32 Å². The number of alkyl halides is 3. The number of nitrogens with one attached hydrogen (secondary N) is 2. The van der Waals surface area contributed by atoms with Gasteiger partial charge in [-0.1, -0.05) is 12.1 Å². The van der Waals surface area contributed by atoms with Crippen molar-refractivity contribution in [3.63, 3.8) is 0 Å². The molecular formula is C15H16F3N3O2. The maximum absolute atomic E-state index is 12.9. The lowest BCUT2D eigenvalue weighted by Crippen LogP contribution is -2.47. The number of aliphatic hydroxyl groups is 1. The summed E-state index contributed by atoms with van der Waals surface area (Å²) in [5.74, 6) is -1.23. The van der Waals surface area contributed by atoms with E-state index in [9.17, 15) is 23.1 Å². The van der Waals surface area contributed by atoms with Crippen molar-refractivity contribution in [1.29, 1.82) is 0 Å². The first-order chi connectivity index (χ1) is 10.8. The molecule has 1 amide bonds. The van der Waals surface area contributed by atoms with Gasteiger partial charge in [0.1, 0.15) is 18.0 Å². The number of imidazole rings is 1. The van der Waals surface area contributed by atoms with Gasteiger partial charge in [-0.3, -0.25) is 4.79 Å². The molecule has 1 fully saturated rings. The third kappa shape index (κ3) is 3.64. The lowest BCUT2D eigenvalue weighted by molar-refractivity contribution is -0.166. The minimum absolute atomic E-state index is 0.163. The summed E-state index contributed by atoms with van der Waals surface area (Å²) in [6.45, 7) is 0. The van der Waals surface area contributed by atoms with E-state index in [-0.39, 0.29) is 5.82 Å². The molecule has 1 aliphatic rings. The molecule has 8 heteroatoms. The van der Waals surface area contributed by atoms with Crippen molar-refractivity contribution in [2.24, 2.45) is 5.92 Å². The molecule has 1 aromatic heterocycles. The molecule has 5 nitrogen and oxygen atoms in total. The summed E-state index contributed by atoms with van der Waals surface area (Å²) in [4.78, 5) is 18.8. The Kier molecular flexibility index (Phi) is 4.01. The number of para-hydroxylation sites is 2. The van der Waals surface area contributed by atoms with Gasteiger partial charge in [0, 0.05) is 0 Å². The molecule has 1 unspecified atom stereocenters. The number of carbonyl (C=O) groups is 1. The smallest absolute Gasteiger partial charge is 0.385 e. The Balaban J connectivity index is 1.64. The third-order valence-electron chi connectivity index (χ3n) is 3.86. The van der Waals surface area contributed by atoms with Crippen molar-refractivity contribution in [3.8, 4) is 0 Å². The molecule has 2 atom stereocenters. The van der Waals surface area contributed by atoms with Crippen LogP contribution in [0.4, 0.5) is 13.2 Å². The molecule has 23 heavy (non-hydrogen) atoms. The van der Waals surface area contributed by atoms with E-state index in [1.807, 2.05) is 5.32 Å². The summed E-state index contributed by atoms with van der Waals surface area (Å²) in [5, 5.41) is 12.0. The van der Waals surface area contributed by atoms with Crippen molar-refractivity contribution in [3.05, 3.63) is 30.1 Å². The van der Waals surface area contributed by atoms with Crippen molar-refractivity contribution in [2.75, 3.05) is 0 Å². The number of hydrogen-bond acceptors (Lipinski definition) is 3. The molecule has 0 radical (unpaired) electrons. The highest BCUT2D eigenvalue weighted by atomic mass is 19.4. The van der Waals surface area contributed by atoms with Crippen LogP contribution in [-0.2, 0) is 4.79 Å². The van der Waals surface area contributed by atoms with Crippen molar-refractivity contribution >= 4 is 16.9 Å². The lowest BCUT2D eigenvalue weighted by Gasteiger charge is -2.21. The Morgan fingerprint density at radius 2 is 2.09 bits per heavy atom. The van der Waals surface area contributed by atoms with E-state index < -0.39 is 36.6 Å². The topological polar surface area (TPSA) is 78.0 Å². The number of nitrogens with zero attached hydrogens (tertiary/aromatic N) is 1. The summed E-state index contributed by atoms with van der Waals surface area (Å²) in [7, 11) is 0. The van der Waals surface area contributed by atoms with Gasteiger partial charge >= 0.3 is 6.18 Å². The first-order valence-electron chi connectivity index (χ1n) is 7.33. The van der Waals surface area contributed by atoms with Gasteiger partial charge in [-0.25, -0.2) is 4.98 Å². The molecule has 3 N–H and O–H groups in total.